The normalized spacial score (nSPS) is 12.1. The van der Waals surface area contributed by atoms with Crippen molar-refractivity contribution in [2.24, 2.45) is 0 Å². The first-order valence-corrected chi connectivity index (χ1v) is 8.34. The zero-order valence-corrected chi connectivity index (χ0v) is 14.7. The lowest BCUT2D eigenvalue weighted by Crippen LogP contribution is -2.36. The van der Waals surface area contributed by atoms with E-state index in [0.29, 0.717) is 17.6 Å². The minimum absolute atomic E-state index is 0.152. The Bertz CT molecular complexity index is 1150. The molecule has 1 unspecified atom stereocenters. The molecule has 2 aromatic carbocycles. The summed E-state index contributed by atoms with van der Waals surface area (Å²) in [6, 6.07) is 6.97. The predicted octanol–water partition coefficient (Wildman–Crippen LogP) is 2.48. The average molecular weight is 373 g/mol. The third-order valence-corrected chi connectivity index (χ3v) is 4.33. The molecule has 1 amide bonds. The van der Waals surface area contributed by atoms with Gasteiger partial charge in [0, 0.05) is 23.7 Å². The fourth-order valence-corrected chi connectivity index (χ4v) is 2.94. The van der Waals surface area contributed by atoms with E-state index in [9.17, 15) is 23.2 Å². The van der Waals surface area contributed by atoms with Crippen LogP contribution in [0.1, 0.15) is 35.8 Å². The van der Waals surface area contributed by atoms with E-state index in [1.165, 1.54) is 22.8 Å². The molecule has 2 N–H and O–H groups in total. The number of aromatic nitrogens is 2. The Morgan fingerprint density at radius 2 is 1.93 bits per heavy atom. The number of aromatic amines is 1. The van der Waals surface area contributed by atoms with Crippen molar-refractivity contribution in [3.8, 4) is 0 Å². The quantitative estimate of drug-likeness (QED) is 0.689. The van der Waals surface area contributed by atoms with E-state index in [2.05, 4.69) is 10.3 Å². The highest BCUT2D eigenvalue weighted by molar-refractivity contribution is 5.97. The van der Waals surface area contributed by atoms with Crippen LogP contribution in [0.5, 0.6) is 0 Å². The molecule has 3 aromatic rings. The Kier molecular flexibility index (Phi) is 4.89. The number of fused-ring (bicyclic) bond motifs is 1. The van der Waals surface area contributed by atoms with E-state index >= 15 is 0 Å². The summed E-state index contributed by atoms with van der Waals surface area (Å²) in [5.41, 5.74) is -0.218. The Hall–Kier alpha value is -3.29. The van der Waals surface area contributed by atoms with Crippen molar-refractivity contribution in [1.29, 1.82) is 0 Å². The third-order valence-electron chi connectivity index (χ3n) is 4.33. The van der Waals surface area contributed by atoms with Crippen molar-refractivity contribution in [2.45, 2.75) is 26.4 Å². The molecule has 1 aromatic heterocycles. The molecule has 0 saturated heterocycles. The topological polar surface area (TPSA) is 84.0 Å². The molecule has 1 heterocycles. The molecule has 8 heteroatoms. The standard InChI is InChI=1S/C19H17F2N3O3/c1-3-24-16-7-4-11(8-15(16)23-18(26)19(24)27)17(25)22-10(2)13-6-5-12(20)9-14(13)21/h4-10H,3H2,1-2H3,(H,22,25)(H,23,26). The van der Waals surface area contributed by atoms with Crippen LogP contribution in [0.2, 0.25) is 0 Å². The van der Waals surface area contributed by atoms with Gasteiger partial charge in [0.1, 0.15) is 11.6 Å². The molecule has 0 radical (unpaired) electrons. The van der Waals surface area contributed by atoms with Crippen LogP contribution in [-0.4, -0.2) is 15.5 Å². The monoisotopic (exact) mass is 373 g/mol. The molecule has 0 bridgehead atoms. The lowest BCUT2D eigenvalue weighted by atomic mass is 10.1. The molecule has 0 aliphatic rings. The highest BCUT2D eigenvalue weighted by Gasteiger charge is 2.16. The number of rotatable bonds is 4. The van der Waals surface area contributed by atoms with Crippen LogP contribution < -0.4 is 16.4 Å². The SMILES string of the molecule is CCn1c(=O)c(=O)[nH]c2cc(C(=O)NC(C)c3ccc(F)cc3F)ccc21. The van der Waals surface area contributed by atoms with Crippen LogP contribution in [-0.2, 0) is 6.54 Å². The Morgan fingerprint density at radius 3 is 2.59 bits per heavy atom. The van der Waals surface area contributed by atoms with Crippen molar-refractivity contribution in [3.63, 3.8) is 0 Å². The Morgan fingerprint density at radius 1 is 1.19 bits per heavy atom. The molecule has 1 atom stereocenters. The molecular formula is C19H17F2N3O3. The van der Waals surface area contributed by atoms with Crippen molar-refractivity contribution in [2.75, 3.05) is 0 Å². The predicted molar refractivity (Wildman–Crippen MR) is 96.7 cm³/mol. The van der Waals surface area contributed by atoms with Gasteiger partial charge in [-0.1, -0.05) is 6.07 Å². The first-order chi connectivity index (χ1) is 12.8. The Balaban J connectivity index is 1.93. The third kappa shape index (κ3) is 3.51. The van der Waals surface area contributed by atoms with Gasteiger partial charge in [-0.05, 0) is 38.1 Å². The summed E-state index contributed by atoms with van der Waals surface area (Å²) in [6.07, 6.45) is 0. The van der Waals surface area contributed by atoms with Crippen LogP contribution in [0.15, 0.2) is 46.0 Å². The smallest absolute Gasteiger partial charge is 0.316 e. The highest BCUT2D eigenvalue weighted by atomic mass is 19.1. The van der Waals surface area contributed by atoms with E-state index in [0.717, 1.165) is 12.1 Å². The van der Waals surface area contributed by atoms with Crippen molar-refractivity contribution in [1.82, 2.24) is 14.9 Å². The minimum Gasteiger partial charge on any atom is -0.345 e. The second-order valence-corrected chi connectivity index (χ2v) is 6.10. The zero-order chi connectivity index (χ0) is 19.7. The zero-order valence-electron chi connectivity index (χ0n) is 14.7. The molecule has 0 aliphatic carbocycles. The molecule has 0 fully saturated rings. The number of carbonyl (C=O) groups excluding carboxylic acids is 1. The summed E-state index contributed by atoms with van der Waals surface area (Å²) >= 11 is 0. The van der Waals surface area contributed by atoms with Gasteiger partial charge in [0.15, 0.2) is 0 Å². The lowest BCUT2D eigenvalue weighted by Gasteiger charge is -2.16. The van der Waals surface area contributed by atoms with Gasteiger partial charge in [-0.3, -0.25) is 14.4 Å². The number of carbonyl (C=O) groups is 1. The molecule has 6 nitrogen and oxygen atoms in total. The maximum atomic E-state index is 13.9. The number of halogens is 2. The molecular weight excluding hydrogens is 356 g/mol. The minimum atomic E-state index is -0.774. The molecule has 140 valence electrons. The van der Waals surface area contributed by atoms with E-state index < -0.39 is 34.7 Å². The van der Waals surface area contributed by atoms with E-state index in [1.54, 1.807) is 19.9 Å². The summed E-state index contributed by atoms with van der Waals surface area (Å²) in [6.45, 7) is 3.62. The molecule has 27 heavy (non-hydrogen) atoms. The van der Waals surface area contributed by atoms with E-state index in [1.807, 2.05) is 0 Å². The number of benzene rings is 2. The summed E-state index contributed by atoms with van der Waals surface area (Å²) in [5.74, 6) is -1.95. The van der Waals surface area contributed by atoms with Crippen LogP contribution in [0.3, 0.4) is 0 Å². The number of aryl methyl sites for hydroxylation is 1. The molecule has 0 aliphatic heterocycles. The van der Waals surface area contributed by atoms with Gasteiger partial charge in [-0.2, -0.15) is 0 Å². The molecule has 3 rings (SSSR count). The first-order valence-electron chi connectivity index (χ1n) is 8.34. The number of H-pyrrole nitrogens is 1. The van der Waals surface area contributed by atoms with Crippen LogP contribution in [0, 0.1) is 11.6 Å². The Labute approximate surface area is 152 Å². The molecule has 0 saturated carbocycles. The number of nitrogens with zero attached hydrogens (tertiary/aromatic N) is 1. The van der Waals surface area contributed by atoms with Gasteiger partial charge in [-0.25, -0.2) is 8.78 Å². The summed E-state index contributed by atoms with van der Waals surface area (Å²) < 4.78 is 28.2. The fourth-order valence-electron chi connectivity index (χ4n) is 2.94. The van der Waals surface area contributed by atoms with Crippen LogP contribution >= 0.6 is 0 Å². The second kappa shape index (κ2) is 7.14. The first kappa shape index (κ1) is 18.5. The van der Waals surface area contributed by atoms with E-state index in [-0.39, 0.29) is 11.1 Å². The van der Waals surface area contributed by atoms with Gasteiger partial charge < -0.3 is 14.9 Å². The maximum absolute atomic E-state index is 13.9. The summed E-state index contributed by atoms with van der Waals surface area (Å²) in [7, 11) is 0. The van der Waals surface area contributed by atoms with Gasteiger partial charge >= 0.3 is 11.1 Å². The summed E-state index contributed by atoms with van der Waals surface area (Å²) in [5, 5.41) is 2.63. The van der Waals surface area contributed by atoms with Crippen molar-refractivity contribution in [3.05, 3.63) is 79.9 Å². The van der Waals surface area contributed by atoms with Gasteiger partial charge in [0.25, 0.3) is 5.91 Å². The summed E-state index contributed by atoms with van der Waals surface area (Å²) in [4.78, 5) is 38.6. The van der Waals surface area contributed by atoms with Gasteiger partial charge in [-0.15, -0.1) is 0 Å². The lowest BCUT2D eigenvalue weighted by molar-refractivity contribution is 0.0939. The highest BCUT2D eigenvalue weighted by Crippen LogP contribution is 2.19. The second-order valence-electron chi connectivity index (χ2n) is 6.10. The van der Waals surface area contributed by atoms with Gasteiger partial charge in [0.05, 0.1) is 17.1 Å². The average Bonchev–Trinajstić information content (AvgIpc) is 2.62. The largest absolute Gasteiger partial charge is 0.345 e. The van der Waals surface area contributed by atoms with E-state index in [4.69, 9.17) is 0 Å². The number of hydrogen-bond donors (Lipinski definition) is 2. The molecule has 0 spiro atoms. The van der Waals surface area contributed by atoms with Crippen LogP contribution in [0.25, 0.3) is 11.0 Å². The van der Waals surface area contributed by atoms with Crippen LogP contribution in [0.4, 0.5) is 8.78 Å². The number of hydrogen-bond acceptors (Lipinski definition) is 3. The number of amides is 1. The van der Waals surface area contributed by atoms with Crippen molar-refractivity contribution >= 4 is 16.9 Å². The fraction of sp³-hybridized carbons (Fsp3) is 0.211. The van der Waals surface area contributed by atoms with Gasteiger partial charge in [0.2, 0.25) is 0 Å². The maximum Gasteiger partial charge on any atom is 0.316 e. The van der Waals surface area contributed by atoms with Crippen molar-refractivity contribution < 1.29 is 13.6 Å². The number of nitrogens with one attached hydrogen (secondary N) is 2.